The van der Waals surface area contributed by atoms with E-state index in [-0.39, 0.29) is 5.91 Å². The second-order valence-corrected chi connectivity index (χ2v) is 6.89. The largest absolute Gasteiger partial charge is 0.369 e. The molecule has 6 heteroatoms. The first-order chi connectivity index (χ1) is 13.2. The van der Waals surface area contributed by atoms with E-state index in [0.717, 1.165) is 44.1 Å². The third kappa shape index (κ3) is 3.80. The maximum atomic E-state index is 12.6. The van der Waals surface area contributed by atoms with E-state index in [4.69, 9.17) is 0 Å². The van der Waals surface area contributed by atoms with Gasteiger partial charge in [0.15, 0.2) is 0 Å². The van der Waals surface area contributed by atoms with Crippen LogP contribution in [-0.2, 0) is 0 Å². The number of aryl methyl sites for hydroxylation is 1. The fourth-order valence-corrected chi connectivity index (χ4v) is 3.67. The summed E-state index contributed by atoms with van der Waals surface area (Å²) in [4.78, 5) is 21.9. The van der Waals surface area contributed by atoms with Gasteiger partial charge in [-0.2, -0.15) is 0 Å². The van der Waals surface area contributed by atoms with Crippen LogP contribution in [0.4, 0.5) is 5.69 Å². The molecule has 4 rings (SSSR count). The Hall–Kier alpha value is -2.86. The van der Waals surface area contributed by atoms with Gasteiger partial charge < -0.3 is 10.2 Å². The Balaban J connectivity index is 1.28. The third-order valence-electron chi connectivity index (χ3n) is 5.13. The summed E-state index contributed by atoms with van der Waals surface area (Å²) in [5.41, 5.74) is 3.47. The molecule has 1 aromatic carbocycles. The number of hydrogen-bond donors (Lipinski definition) is 1. The van der Waals surface area contributed by atoms with Crippen LogP contribution in [0.5, 0.6) is 0 Å². The Morgan fingerprint density at radius 2 is 1.78 bits per heavy atom. The van der Waals surface area contributed by atoms with Gasteiger partial charge in [0.25, 0.3) is 5.91 Å². The predicted molar refractivity (Wildman–Crippen MR) is 107 cm³/mol. The molecule has 0 bridgehead atoms. The SMILES string of the molecule is Cc1nc2ccccn2c1C(=O)NCCN1CCN(c2ccccc2)CC1. The minimum Gasteiger partial charge on any atom is -0.369 e. The normalized spacial score (nSPS) is 15.2. The summed E-state index contributed by atoms with van der Waals surface area (Å²) in [7, 11) is 0. The number of fused-ring (bicyclic) bond motifs is 1. The van der Waals surface area contributed by atoms with Crippen molar-refractivity contribution in [2.24, 2.45) is 0 Å². The van der Waals surface area contributed by atoms with Crippen molar-refractivity contribution < 1.29 is 4.79 Å². The summed E-state index contributed by atoms with van der Waals surface area (Å²) >= 11 is 0. The van der Waals surface area contributed by atoms with Crippen molar-refractivity contribution in [3.63, 3.8) is 0 Å². The first-order valence-electron chi connectivity index (χ1n) is 9.46. The highest BCUT2D eigenvalue weighted by molar-refractivity contribution is 5.94. The fourth-order valence-electron chi connectivity index (χ4n) is 3.67. The molecule has 1 fully saturated rings. The molecule has 140 valence electrons. The molecule has 0 saturated carbocycles. The Morgan fingerprint density at radius 3 is 2.56 bits per heavy atom. The molecule has 3 heterocycles. The van der Waals surface area contributed by atoms with Gasteiger partial charge >= 0.3 is 0 Å². The van der Waals surface area contributed by atoms with Gasteiger partial charge in [-0.3, -0.25) is 14.1 Å². The third-order valence-corrected chi connectivity index (χ3v) is 5.13. The van der Waals surface area contributed by atoms with Gasteiger partial charge in [0.2, 0.25) is 0 Å². The molecular weight excluding hydrogens is 338 g/mol. The molecule has 0 radical (unpaired) electrons. The van der Waals surface area contributed by atoms with Gasteiger partial charge in [-0.15, -0.1) is 0 Å². The van der Waals surface area contributed by atoms with E-state index in [1.807, 2.05) is 41.8 Å². The number of piperazine rings is 1. The zero-order chi connectivity index (χ0) is 18.6. The second-order valence-electron chi connectivity index (χ2n) is 6.89. The van der Waals surface area contributed by atoms with E-state index in [0.29, 0.717) is 12.2 Å². The average molecular weight is 363 g/mol. The van der Waals surface area contributed by atoms with Gasteiger partial charge in [-0.25, -0.2) is 4.98 Å². The number of anilines is 1. The summed E-state index contributed by atoms with van der Waals surface area (Å²) in [6.07, 6.45) is 1.88. The predicted octanol–water partition coefficient (Wildman–Crippen LogP) is 2.19. The maximum absolute atomic E-state index is 12.6. The molecule has 6 nitrogen and oxygen atoms in total. The highest BCUT2D eigenvalue weighted by Gasteiger charge is 2.18. The summed E-state index contributed by atoms with van der Waals surface area (Å²) in [6.45, 7) is 7.45. The van der Waals surface area contributed by atoms with E-state index in [9.17, 15) is 4.79 Å². The van der Waals surface area contributed by atoms with Crippen LogP contribution in [0.3, 0.4) is 0 Å². The van der Waals surface area contributed by atoms with Crippen molar-refractivity contribution in [1.29, 1.82) is 0 Å². The first kappa shape index (κ1) is 17.5. The van der Waals surface area contributed by atoms with Crippen LogP contribution in [0, 0.1) is 6.92 Å². The summed E-state index contributed by atoms with van der Waals surface area (Å²) in [5, 5.41) is 3.05. The molecular formula is C21H25N5O. The molecule has 3 aromatic rings. The van der Waals surface area contributed by atoms with E-state index in [2.05, 4.69) is 44.4 Å². The van der Waals surface area contributed by atoms with E-state index >= 15 is 0 Å². The van der Waals surface area contributed by atoms with Crippen molar-refractivity contribution in [1.82, 2.24) is 19.6 Å². The number of hydrogen-bond acceptors (Lipinski definition) is 4. The second kappa shape index (κ2) is 7.80. The minimum atomic E-state index is -0.0610. The number of rotatable bonds is 5. The number of para-hydroxylation sites is 1. The van der Waals surface area contributed by atoms with Crippen LogP contribution in [0.1, 0.15) is 16.2 Å². The topological polar surface area (TPSA) is 52.9 Å². The van der Waals surface area contributed by atoms with Crippen LogP contribution >= 0.6 is 0 Å². The highest BCUT2D eigenvalue weighted by Crippen LogP contribution is 2.15. The van der Waals surface area contributed by atoms with Crippen LogP contribution in [0.2, 0.25) is 0 Å². The van der Waals surface area contributed by atoms with Crippen molar-refractivity contribution in [3.8, 4) is 0 Å². The van der Waals surface area contributed by atoms with E-state index < -0.39 is 0 Å². The lowest BCUT2D eigenvalue weighted by atomic mass is 10.2. The van der Waals surface area contributed by atoms with E-state index in [1.54, 1.807) is 0 Å². The molecule has 1 saturated heterocycles. The monoisotopic (exact) mass is 363 g/mol. The van der Waals surface area contributed by atoms with Gasteiger partial charge in [-0.1, -0.05) is 24.3 Å². The van der Waals surface area contributed by atoms with Gasteiger partial charge in [-0.05, 0) is 31.2 Å². The Bertz CT molecular complexity index is 913. The summed E-state index contributed by atoms with van der Waals surface area (Å²) in [6, 6.07) is 16.3. The van der Waals surface area contributed by atoms with Crippen LogP contribution in [-0.4, -0.2) is 59.5 Å². The van der Waals surface area contributed by atoms with E-state index in [1.165, 1.54) is 5.69 Å². The lowest BCUT2D eigenvalue weighted by Gasteiger charge is -2.36. The minimum absolute atomic E-state index is 0.0610. The molecule has 1 N–H and O–H groups in total. The van der Waals surface area contributed by atoms with Gasteiger partial charge in [0.1, 0.15) is 11.3 Å². The number of carbonyl (C=O) groups is 1. The van der Waals surface area contributed by atoms with Crippen molar-refractivity contribution >= 4 is 17.2 Å². The number of nitrogens with one attached hydrogen (secondary N) is 1. The highest BCUT2D eigenvalue weighted by atomic mass is 16.1. The van der Waals surface area contributed by atoms with Crippen molar-refractivity contribution in [2.75, 3.05) is 44.2 Å². The molecule has 0 unspecified atom stereocenters. The number of benzene rings is 1. The number of imidazole rings is 1. The lowest BCUT2D eigenvalue weighted by molar-refractivity contribution is 0.0941. The fraction of sp³-hybridized carbons (Fsp3) is 0.333. The van der Waals surface area contributed by atoms with Crippen molar-refractivity contribution in [2.45, 2.75) is 6.92 Å². The Morgan fingerprint density at radius 1 is 1.04 bits per heavy atom. The number of pyridine rings is 1. The van der Waals surface area contributed by atoms with Gasteiger partial charge in [0.05, 0.1) is 5.69 Å². The maximum Gasteiger partial charge on any atom is 0.270 e. The molecule has 0 atom stereocenters. The average Bonchev–Trinajstić information content (AvgIpc) is 3.05. The zero-order valence-corrected chi connectivity index (χ0v) is 15.6. The Kier molecular flexibility index (Phi) is 5.07. The molecule has 2 aromatic heterocycles. The molecule has 0 spiro atoms. The van der Waals surface area contributed by atoms with Gasteiger partial charge in [0, 0.05) is 51.2 Å². The summed E-state index contributed by atoms with van der Waals surface area (Å²) < 4.78 is 1.85. The quantitative estimate of drug-likeness (QED) is 0.755. The number of aromatic nitrogens is 2. The van der Waals surface area contributed by atoms with Crippen LogP contribution < -0.4 is 10.2 Å². The number of carbonyl (C=O) groups excluding carboxylic acids is 1. The first-order valence-corrected chi connectivity index (χ1v) is 9.46. The lowest BCUT2D eigenvalue weighted by Crippen LogP contribution is -2.48. The molecule has 0 aliphatic carbocycles. The summed E-state index contributed by atoms with van der Waals surface area (Å²) in [5.74, 6) is -0.0610. The standard InChI is InChI=1S/C21H25N5O/c1-17-20(26-11-6-5-9-19(26)23-17)21(27)22-10-12-24-13-15-25(16-14-24)18-7-3-2-4-8-18/h2-9,11H,10,12-16H2,1H3,(H,22,27). The molecule has 27 heavy (non-hydrogen) atoms. The number of nitrogens with zero attached hydrogens (tertiary/aromatic N) is 4. The van der Waals surface area contributed by atoms with Crippen LogP contribution in [0.25, 0.3) is 5.65 Å². The molecule has 1 amide bonds. The zero-order valence-electron chi connectivity index (χ0n) is 15.6. The Labute approximate surface area is 159 Å². The smallest absolute Gasteiger partial charge is 0.270 e. The number of amides is 1. The van der Waals surface area contributed by atoms with Crippen molar-refractivity contribution in [3.05, 3.63) is 66.1 Å². The molecule has 1 aliphatic rings. The molecule has 1 aliphatic heterocycles. The van der Waals surface area contributed by atoms with Crippen LogP contribution in [0.15, 0.2) is 54.7 Å².